The summed E-state index contributed by atoms with van der Waals surface area (Å²) in [5, 5.41) is 13.7. The van der Waals surface area contributed by atoms with Crippen molar-refractivity contribution in [2.75, 3.05) is 30.1 Å². The molecule has 0 fully saturated rings. The van der Waals surface area contributed by atoms with E-state index in [0.29, 0.717) is 11.5 Å². The lowest BCUT2D eigenvalue weighted by Gasteiger charge is -2.28. The fraction of sp³-hybridized carbons (Fsp3) is 0.316. The Balaban J connectivity index is 2.42. The first-order valence-electron chi connectivity index (χ1n) is 8.77. The van der Waals surface area contributed by atoms with E-state index in [1.54, 1.807) is 0 Å². The van der Waals surface area contributed by atoms with Crippen molar-refractivity contribution in [3.63, 3.8) is 0 Å². The number of hydrogen-bond donors (Lipinski definition) is 1. The lowest BCUT2D eigenvalue weighted by molar-refractivity contribution is -0.385. The minimum Gasteiger partial charge on any atom is -0.493 e. The fourth-order valence-electron chi connectivity index (χ4n) is 2.96. The van der Waals surface area contributed by atoms with Crippen LogP contribution in [-0.2, 0) is 14.8 Å². The highest BCUT2D eigenvalue weighted by atomic mass is 32.2. The van der Waals surface area contributed by atoms with Crippen LogP contribution in [0.15, 0.2) is 36.4 Å². The van der Waals surface area contributed by atoms with Gasteiger partial charge in [0.05, 0.1) is 42.3 Å². The van der Waals surface area contributed by atoms with Gasteiger partial charge < -0.3 is 14.8 Å². The highest BCUT2D eigenvalue weighted by Gasteiger charge is 2.30. The van der Waals surface area contributed by atoms with Gasteiger partial charge in [0.25, 0.3) is 5.69 Å². The average molecular weight is 437 g/mol. The number of hydrogen-bond acceptors (Lipinski definition) is 7. The van der Waals surface area contributed by atoms with Crippen molar-refractivity contribution in [3.05, 3.63) is 52.1 Å². The number of nitro groups is 1. The number of methoxy groups -OCH3 is 2. The highest BCUT2D eigenvalue weighted by molar-refractivity contribution is 7.92. The molecule has 1 N–H and O–H groups in total. The molecule has 0 heterocycles. The molecule has 1 amide bonds. The molecular weight excluding hydrogens is 414 g/mol. The van der Waals surface area contributed by atoms with Gasteiger partial charge in [0.2, 0.25) is 15.9 Å². The largest absolute Gasteiger partial charge is 0.493 e. The van der Waals surface area contributed by atoms with Crippen LogP contribution in [-0.4, -0.2) is 45.8 Å². The standard InChI is InChI=1S/C19H23N3O7S/c1-12-15(7-6-8-16(12)22(24)25)20-19(23)13(2)21(30(5,26)27)14-9-10-17(28-3)18(11-14)29-4/h6-11,13H,1-5H3,(H,20,23)/t13-/m0/s1. The Labute approximate surface area is 174 Å². The number of carbonyl (C=O) groups is 1. The van der Waals surface area contributed by atoms with Crippen LogP contribution in [0.1, 0.15) is 12.5 Å². The number of nitro benzene ring substituents is 1. The number of benzene rings is 2. The molecule has 2 aromatic carbocycles. The summed E-state index contributed by atoms with van der Waals surface area (Å²) in [6.07, 6.45) is 0.978. The van der Waals surface area contributed by atoms with E-state index >= 15 is 0 Å². The Morgan fingerprint density at radius 3 is 2.33 bits per heavy atom. The normalized spacial score (nSPS) is 12.0. The van der Waals surface area contributed by atoms with Crippen LogP contribution >= 0.6 is 0 Å². The quantitative estimate of drug-likeness (QED) is 0.497. The van der Waals surface area contributed by atoms with Gasteiger partial charge in [-0.25, -0.2) is 8.42 Å². The van der Waals surface area contributed by atoms with Gasteiger partial charge in [0.1, 0.15) is 6.04 Å². The molecular formula is C19H23N3O7S. The van der Waals surface area contributed by atoms with E-state index in [2.05, 4.69) is 5.32 Å². The van der Waals surface area contributed by atoms with Gasteiger partial charge in [-0.3, -0.25) is 19.2 Å². The van der Waals surface area contributed by atoms with E-state index in [9.17, 15) is 23.3 Å². The maximum Gasteiger partial charge on any atom is 0.274 e. The van der Waals surface area contributed by atoms with Crippen LogP contribution in [0.25, 0.3) is 0 Å². The molecule has 2 rings (SSSR count). The average Bonchev–Trinajstić information content (AvgIpc) is 2.68. The second-order valence-corrected chi connectivity index (χ2v) is 8.33. The summed E-state index contributed by atoms with van der Waals surface area (Å²) in [6, 6.07) is 7.58. The van der Waals surface area contributed by atoms with Crippen molar-refractivity contribution in [1.82, 2.24) is 0 Å². The van der Waals surface area contributed by atoms with Crippen molar-refractivity contribution in [2.45, 2.75) is 19.9 Å². The molecule has 11 heteroatoms. The minimum absolute atomic E-state index is 0.152. The molecule has 0 aliphatic heterocycles. The molecule has 162 valence electrons. The van der Waals surface area contributed by atoms with Gasteiger partial charge in [0, 0.05) is 12.1 Å². The van der Waals surface area contributed by atoms with Crippen LogP contribution < -0.4 is 19.1 Å². The Kier molecular flexibility index (Phi) is 6.88. The summed E-state index contributed by atoms with van der Waals surface area (Å²) in [7, 11) is -1.00. The van der Waals surface area contributed by atoms with Crippen molar-refractivity contribution < 1.29 is 27.6 Å². The van der Waals surface area contributed by atoms with Crippen LogP contribution in [0.5, 0.6) is 11.5 Å². The third-order valence-corrected chi connectivity index (χ3v) is 5.71. The summed E-state index contributed by atoms with van der Waals surface area (Å²) < 4.78 is 36.3. The van der Waals surface area contributed by atoms with Crippen LogP contribution in [0.2, 0.25) is 0 Å². The monoisotopic (exact) mass is 437 g/mol. The van der Waals surface area contributed by atoms with Crippen LogP contribution in [0, 0.1) is 17.0 Å². The molecule has 0 bridgehead atoms. The van der Waals surface area contributed by atoms with Crippen molar-refractivity contribution in [2.24, 2.45) is 0 Å². The van der Waals surface area contributed by atoms with E-state index in [1.807, 2.05) is 0 Å². The molecule has 0 aromatic heterocycles. The first-order chi connectivity index (χ1) is 14.0. The van der Waals surface area contributed by atoms with Gasteiger partial charge in [-0.1, -0.05) is 6.07 Å². The molecule has 0 aliphatic carbocycles. The SMILES string of the molecule is COc1ccc(N([C@@H](C)C(=O)Nc2cccc([N+](=O)[O-])c2C)S(C)(=O)=O)cc1OC. The topological polar surface area (TPSA) is 128 Å². The first kappa shape index (κ1) is 22.9. The lowest BCUT2D eigenvalue weighted by Crippen LogP contribution is -2.45. The number of rotatable bonds is 8. The zero-order chi connectivity index (χ0) is 22.6. The summed E-state index contributed by atoms with van der Waals surface area (Å²) in [6.45, 7) is 2.92. The number of amides is 1. The highest BCUT2D eigenvalue weighted by Crippen LogP contribution is 2.33. The summed E-state index contributed by atoms with van der Waals surface area (Å²) >= 11 is 0. The van der Waals surface area contributed by atoms with E-state index in [4.69, 9.17) is 9.47 Å². The maximum atomic E-state index is 12.8. The summed E-state index contributed by atoms with van der Waals surface area (Å²) in [5.74, 6) is 0.0450. The molecule has 0 unspecified atom stereocenters. The van der Waals surface area contributed by atoms with Gasteiger partial charge in [-0.15, -0.1) is 0 Å². The van der Waals surface area contributed by atoms with Crippen LogP contribution in [0.4, 0.5) is 17.1 Å². The number of ether oxygens (including phenoxy) is 2. The molecule has 0 aliphatic rings. The molecule has 30 heavy (non-hydrogen) atoms. The molecule has 1 atom stereocenters. The van der Waals surface area contributed by atoms with Crippen LogP contribution in [0.3, 0.4) is 0 Å². The lowest BCUT2D eigenvalue weighted by atomic mass is 10.1. The van der Waals surface area contributed by atoms with E-state index < -0.39 is 26.9 Å². The number of sulfonamides is 1. The van der Waals surface area contributed by atoms with E-state index in [0.717, 1.165) is 10.6 Å². The van der Waals surface area contributed by atoms with Crippen molar-refractivity contribution in [3.8, 4) is 11.5 Å². The summed E-state index contributed by atoms with van der Waals surface area (Å²) in [4.78, 5) is 23.4. The predicted molar refractivity (Wildman–Crippen MR) is 113 cm³/mol. The van der Waals surface area contributed by atoms with Crippen molar-refractivity contribution in [1.29, 1.82) is 0 Å². The molecule has 0 radical (unpaired) electrons. The number of nitrogens with one attached hydrogen (secondary N) is 1. The van der Waals surface area contributed by atoms with Crippen molar-refractivity contribution >= 4 is 33.0 Å². The van der Waals surface area contributed by atoms with Gasteiger partial charge >= 0.3 is 0 Å². The second-order valence-electron chi connectivity index (χ2n) is 6.47. The molecule has 0 spiro atoms. The molecule has 2 aromatic rings. The number of nitrogens with zero attached hydrogens (tertiary/aromatic N) is 2. The zero-order valence-electron chi connectivity index (χ0n) is 17.2. The minimum atomic E-state index is -3.86. The Morgan fingerprint density at radius 1 is 1.17 bits per heavy atom. The predicted octanol–water partition coefficient (Wildman–Crippen LogP) is 2.71. The molecule has 0 saturated heterocycles. The molecule has 10 nitrogen and oxygen atoms in total. The smallest absolute Gasteiger partial charge is 0.274 e. The van der Waals surface area contributed by atoms with E-state index in [1.165, 1.54) is 64.5 Å². The second kappa shape index (κ2) is 8.99. The zero-order valence-corrected chi connectivity index (χ0v) is 18.0. The first-order valence-corrected chi connectivity index (χ1v) is 10.6. The van der Waals surface area contributed by atoms with E-state index in [-0.39, 0.29) is 22.6 Å². The molecule has 0 saturated carbocycles. The maximum absolute atomic E-state index is 12.8. The Hall–Kier alpha value is -3.34. The van der Waals surface area contributed by atoms with Gasteiger partial charge in [-0.05, 0) is 32.0 Å². The number of carbonyl (C=O) groups excluding carboxylic acids is 1. The fourth-order valence-corrected chi connectivity index (χ4v) is 4.13. The summed E-state index contributed by atoms with van der Waals surface area (Å²) in [5.41, 5.74) is 0.538. The third kappa shape index (κ3) is 4.79. The van der Waals surface area contributed by atoms with Gasteiger partial charge in [0.15, 0.2) is 11.5 Å². The third-order valence-electron chi connectivity index (χ3n) is 4.47. The Morgan fingerprint density at radius 2 is 1.80 bits per heavy atom. The Bertz CT molecular complexity index is 1070. The number of anilines is 2. The van der Waals surface area contributed by atoms with Gasteiger partial charge in [-0.2, -0.15) is 0 Å².